The second-order valence-corrected chi connectivity index (χ2v) is 8.42. The fraction of sp³-hybridized carbons (Fsp3) is 0.733. The van der Waals surface area contributed by atoms with Crippen molar-refractivity contribution in [1.29, 1.82) is 0 Å². The highest BCUT2D eigenvalue weighted by molar-refractivity contribution is 7.88. The molecule has 1 amide bonds. The molecule has 1 aromatic heterocycles. The molecule has 0 radical (unpaired) electrons. The van der Waals surface area contributed by atoms with Crippen LogP contribution in [-0.4, -0.2) is 69.1 Å². The Morgan fingerprint density at radius 2 is 2.16 bits per heavy atom. The van der Waals surface area contributed by atoms with Crippen molar-refractivity contribution in [2.75, 3.05) is 33.1 Å². The summed E-state index contributed by atoms with van der Waals surface area (Å²) in [6, 6.07) is 1.35. The van der Waals surface area contributed by atoms with Crippen molar-refractivity contribution in [2.45, 2.75) is 37.3 Å². The average Bonchev–Trinajstić information content (AvgIpc) is 3.02. The molecule has 3 heterocycles. The molecule has 10 heteroatoms. The van der Waals surface area contributed by atoms with Crippen molar-refractivity contribution >= 4 is 15.9 Å². The number of amides is 1. The topological polar surface area (TPSA) is 111 Å². The number of nitrogens with one attached hydrogen (secondary N) is 1. The van der Waals surface area contributed by atoms with E-state index in [1.807, 2.05) is 0 Å². The maximum atomic E-state index is 12.5. The Morgan fingerprint density at radius 3 is 2.76 bits per heavy atom. The van der Waals surface area contributed by atoms with E-state index in [9.17, 15) is 13.2 Å². The molecule has 1 N–H and O–H groups in total. The van der Waals surface area contributed by atoms with E-state index in [1.165, 1.54) is 19.4 Å². The van der Waals surface area contributed by atoms with Gasteiger partial charge in [-0.25, -0.2) is 13.1 Å². The summed E-state index contributed by atoms with van der Waals surface area (Å²) in [5.74, 6) is 0.184. The zero-order chi connectivity index (χ0) is 18.1. The Morgan fingerprint density at radius 1 is 1.44 bits per heavy atom. The number of hydrogen-bond acceptors (Lipinski definition) is 7. The van der Waals surface area contributed by atoms with Crippen LogP contribution in [0.2, 0.25) is 0 Å². The molecule has 140 valence electrons. The number of hydrogen-bond donors (Lipinski definition) is 1. The zero-order valence-electron chi connectivity index (χ0n) is 14.4. The van der Waals surface area contributed by atoms with Gasteiger partial charge in [-0.05, 0) is 30.8 Å². The summed E-state index contributed by atoms with van der Waals surface area (Å²) < 4.78 is 41.5. The van der Waals surface area contributed by atoms with E-state index >= 15 is 0 Å². The van der Waals surface area contributed by atoms with E-state index in [0.29, 0.717) is 45.4 Å². The van der Waals surface area contributed by atoms with Crippen LogP contribution in [0.3, 0.4) is 0 Å². The van der Waals surface area contributed by atoms with Gasteiger partial charge in [-0.1, -0.05) is 0 Å². The van der Waals surface area contributed by atoms with Gasteiger partial charge in [-0.2, -0.15) is 0 Å². The number of sulfonamides is 1. The summed E-state index contributed by atoms with van der Waals surface area (Å²) in [5.41, 5.74) is -0.378. The molecule has 9 nitrogen and oxygen atoms in total. The monoisotopic (exact) mass is 373 g/mol. The molecule has 0 bridgehead atoms. The SMILES string of the molecule is COc1cc(C(=O)N2CCC3(CC2)CC(NS(C)(=O)=O)CCO3)on1. The molecule has 0 aliphatic carbocycles. The summed E-state index contributed by atoms with van der Waals surface area (Å²) in [6.07, 6.45) is 3.77. The number of aromatic nitrogens is 1. The molecule has 2 fully saturated rings. The molecule has 1 unspecified atom stereocenters. The number of piperidine rings is 1. The summed E-state index contributed by atoms with van der Waals surface area (Å²) in [6.45, 7) is 1.56. The Hall–Kier alpha value is -1.65. The van der Waals surface area contributed by atoms with E-state index in [0.717, 1.165) is 0 Å². The first-order valence-electron chi connectivity index (χ1n) is 8.21. The number of nitrogens with zero attached hydrogens (tertiary/aromatic N) is 2. The zero-order valence-corrected chi connectivity index (χ0v) is 15.2. The second-order valence-electron chi connectivity index (χ2n) is 6.64. The van der Waals surface area contributed by atoms with Gasteiger partial charge >= 0.3 is 0 Å². The molecule has 1 aromatic rings. The van der Waals surface area contributed by atoms with Gasteiger partial charge in [0.25, 0.3) is 11.8 Å². The minimum absolute atomic E-state index is 0.121. The van der Waals surface area contributed by atoms with Gasteiger partial charge in [-0.3, -0.25) is 4.79 Å². The Labute approximate surface area is 146 Å². The third kappa shape index (κ3) is 4.31. The smallest absolute Gasteiger partial charge is 0.292 e. The summed E-state index contributed by atoms with van der Waals surface area (Å²) in [4.78, 5) is 14.2. The fourth-order valence-electron chi connectivity index (χ4n) is 3.51. The van der Waals surface area contributed by atoms with E-state index < -0.39 is 10.0 Å². The van der Waals surface area contributed by atoms with Gasteiger partial charge in [0.05, 0.1) is 25.0 Å². The van der Waals surface area contributed by atoms with Crippen molar-refractivity contribution in [2.24, 2.45) is 0 Å². The van der Waals surface area contributed by atoms with Crippen LogP contribution in [0, 0.1) is 0 Å². The van der Waals surface area contributed by atoms with Gasteiger partial charge < -0.3 is 18.9 Å². The van der Waals surface area contributed by atoms with Crippen LogP contribution in [0.4, 0.5) is 0 Å². The second kappa shape index (κ2) is 6.93. The molecule has 0 aromatic carbocycles. The number of likely N-dealkylation sites (tertiary alicyclic amines) is 1. The van der Waals surface area contributed by atoms with Gasteiger partial charge in [-0.15, -0.1) is 0 Å². The van der Waals surface area contributed by atoms with Crippen molar-refractivity contribution in [1.82, 2.24) is 14.8 Å². The van der Waals surface area contributed by atoms with E-state index in [1.54, 1.807) is 4.90 Å². The van der Waals surface area contributed by atoms with Crippen molar-refractivity contribution in [3.8, 4) is 5.88 Å². The maximum absolute atomic E-state index is 12.5. The standard InChI is InChI=1S/C15H23N3O6S/c1-22-13-9-12(24-16-13)14(19)18-6-4-15(5-7-18)10-11(3-8-23-15)17-25(2,20)21/h9,11,17H,3-8,10H2,1-2H3. The van der Waals surface area contributed by atoms with Crippen molar-refractivity contribution in [3.63, 3.8) is 0 Å². The van der Waals surface area contributed by atoms with Crippen LogP contribution in [0.1, 0.15) is 36.2 Å². The molecular weight excluding hydrogens is 350 g/mol. The molecule has 2 aliphatic rings. The minimum Gasteiger partial charge on any atom is -0.479 e. The average molecular weight is 373 g/mol. The predicted octanol–water partition coefficient (Wildman–Crippen LogP) is 0.386. The third-order valence-electron chi connectivity index (χ3n) is 4.74. The lowest BCUT2D eigenvalue weighted by atomic mass is 9.82. The van der Waals surface area contributed by atoms with Gasteiger partial charge in [0.15, 0.2) is 0 Å². The van der Waals surface area contributed by atoms with Gasteiger partial charge in [0.1, 0.15) is 0 Å². The molecule has 3 rings (SSSR count). The lowest BCUT2D eigenvalue weighted by Gasteiger charge is -2.46. The first-order chi connectivity index (χ1) is 11.8. The van der Waals surface area contributed by atoms with Crippen LogP contribution in [0.5, 0.6) is 5.88 Å². The molecule has 2 aliphatic heterocycles. The number of ether oxygens (including phenoxy) is 2. The highest BCUT2D eigenvalue weighted by Gasteiger charge is 2.42. The van der Waals surface area contributed by atoms with Crippen molar-refractivity contribution in [3.05, 3.63) is 11.8 Å². The van der Waals surface area contributed by atoms with Crippen LogP contribution < -0.4 is 9.46 Å². The quantitative estimate of drug-likeness (QED) is 0.812. The highest BCUT2D eigenvalue weighted by atomic mass is 32.2. The largest absolute Gasteiger partial charge is 0.479 e. The van der Waals surface area contributed by atoms with E-state index in [2.05, 4.69) is 9.88 Å². The fourth-order valence-corrected chi connectivity index (χ4v) is 4.32. The molecule has 0 saturated carbocycles. The lowest BCUT2D eigenvalue weighted by Crippen LogP contribution is -2.54. The molecular formula is C15H23N3O6S. The van der Waals surface area contributed by atoms with E-state index in [-0.39, 0.29) is 29.2 Å². The van der Waals surface area contributed by atoms with Gasteiger partial charge in [0.2, 0.25) is 15.8 Å². The Kier molecular flexibility index (Phi) is 5.03. The number of rotatable bonds is 4. The van der Waals surface area contributed by atoms with Crippen LogP contribution in [0.25, 0.3) is 0 Å². The van der Waals surface area contributed by atoms with Crippen molar-refractivity contribution < 1.29 is 27.2 Å². The molecule has 1 atom stereocenters. The minimum atomic E-state index is -3.24. The first-order valence-corrected chi connectivity index (χ1v) is 10.1. The number of methoxy groups -OCH3 is 1. The Balaban J connectivity index is 1.59. The maximum Gasteiger partial charge on any atom is 0.292 e. The normalized spacial score (nSPS) is 23.6. The van der Waals surface area contributed by atoms with Crippen LogP contribution >= 0.6 is 0 Å². The van der Waals surface area contributed by atoms with E-state index in [4.69, 9.17) is 14.0 Å². The summed E-state index contributed by atoms with van der Waals surface area (Å²) in [7, 11) is -1.78. The summed E-state index contributed by atoms with van der Waals surface area (Å²) in [5, 5.41) is 3.64. The molecule has 1 spiro atoms. The predicted molar refractivity (Wildman–Crippen MR) is 87.9 cm³/mol. The lowest BCUT2D eigenvalue weighted by molar-refractivity contribution is -0.113. The van der Waals surface area contributed by atoms with Gasteiger partial charge in [0, 0.05) is 25.7 Å². The molecule has 2 saturated heterocycles. The first kappa shape index (κ1) is 18.2. The summed E-state index contributed by atoms with van der Waals surface area (Å²) >= 11 is 0. The highest BCUT2D eigenvalue weighted by Crippen LogP contribution is 2.35. The van der Waals surface area contributed by atoms with Crippen LogP contribution in [-0.2, 0) is 14.8 Å². The van der Waals surface area contributed by atoms with Crippen LogP contribution in [0.15, 0.2) is 10.6 Å². The number of carbonyl (C=O) groups is 1. The third-order valence-corrected chi connectivity index (χ3v) is 5.51. The molecule has 25 heavy (non-hydrogen) atoms. The number of carbonyl (C=O) groups excluding carboxylic acids is 1. The Bertz CT molecular complexity index is 723.